The number of nitriles is 1. The first kappa shape index (κ1) is 12.2. The van der Waals surface area contributed by atoms with E-state index in [-0.39, 0.29) is 17.6 Å². The van der Waals surface area contributed by atoms with Crippen LogP contribution in [0.2, 0.25) is 0 Å². The average molecular weight is 264 g/mol. The van der Waals surface area contributed by atoms with Crippen LogP contribution in [0.25, 0.3) is 5.57 Å². The van der Waals surface area contributed by atoms with Crippen LogP contribution in [0, 0.1) is 17.2 Å². The molecule has 0 saturated heterocycles. The SMILES string of the molecule is N#Cc1ccc(C2=CNC(=O)C3=CC=C(O)CC32)cc1. The molecule has 1 amide bonds. The fourth-order valence-corrected chi connectivity index (χ4v) is 2.55. The monoisotopic (exact) mass is 264 g/mol. The van der Waals surface area contributed by atoms with Gasteiger partial charge in [-0.15, -0.1) is 0 Å². The van der Waals surface area contributed by atoms with Gasteiger partial charge in [0.05, 0.1) is 17.4 Å². The Hall–Kier alpha value is -2.80. The number of fused-ring (bicyclic) bond motifs is 1. The van der Waals surface area contributed by atoms with Crippen LogP contribution in [-0.2, 0) is 4.79 Å². The normalized spacial score (nSPS) is 20.9. The van der Waals surface area contributed by atoms with Crippen LogP contribution >= 0.6 is 0 Å². The number of carbonyl (C=O) groups is 1. The number of hydrogen-bond donors (Lipinski definition) is 2. The molecule has 0 bridgehead atoms. The number of benzene rings is 1. The summed E-state index contributed by atoms with van der Waals surface area (Å²) in [7, 11) is 0. The molecule has 0 fully saturated rings. The Morgan fingerprint density at radius 3 is 2.65 bits per heavy atom. The summed E-state index contributed by atoms with van der Waals surface area (Å²) in [6.07, 6.45) is 5.33. The molecule has 1 aromatic rings. The molecule has 98 valence electrons. The molecule has 0 saturated carbocycles. The molecule has 20 heavy (non-hydrogen) atoms. The van der Waals surface area contributed by atoms with Crippen molar-refractivity contribution in [1.82, 2.24) is 5.32 Å². The molecule has 2 N–H and O–H groups in total. The molecule has 1 aliphatic heterocycles. The third-order valence-corrected chi connectivity index (χ3v) is 3.59. The fourth-order valence-electron chi connectivity index (χ4n) is 2.55. The molecule has 0 spiro atoms. The molecule has 1 heterocycles. The molecular formula is C16H12N2O2. The van der Waals surface area contributed by atoms with Gasteiger partial charge < -0.3 is 10.4 Å². The molecule has 1 aromatic carbocycles. The number of amides is 1. The second kappa shape index (κ2) is 4.71. The lowest BCUT2D eigenvalue weighted by Crippen LogP contribution is -2.31. The van der Waals surface area contributed by atoms with Gasteiger partial charge in [0.15, 0.2) is 0 Å². The maximum absolute atomic E-state index is 11.8. The van der Waals surface area contributed by atoms with E-state index >= 15 is 0 Å². The Morgan fingerprint density at radius 2 is 1.95 bits per heavy atom. The maximum atomic E-state index is 11.8. The van der Waals surface area contributed by atoms with Crippen LogP contribution < -0.4 is 5.32 Å². The van der Waals surface area contributed by atoms with E-state index in [0.717, 1.165) is 11.1 Å². The number of nitrogens with one attached hydrogen (secondary N) is 1. The second-order valence-electron chi connectivity index (χ2n) is 4.80. The van der Waals surface area contributed by atoms with Crippen LogP contribution in [0.5, 0.6) is 0 Å². The first-order chi connectivity index (χ1) is 9.69. The van der Waals surface area contributed by atoms with E-state index in [2.05, 4.69) is 11.4 Å². The molecule has 0 radical (unpaired) electrons. The van der Waals surface area contributed by atoms with Gasteiger partial charge in [0.25, 0.3) is 5.91 Å². The quantitative estimate of drug-likeness (QED) is 0.818. The summed E-state index contributed by atoms with van der Waals surface area (Å²) in [6, 6.07) is 9.28. The smallest absolute Gasteiger partial charge is 0.251 e. The zero-order chi connectivity index (χ0) is 14.1. The van der Waals surface area contributed by atoms with Gasteiger partial charge in [0, 0.05) is 24.1 Å². The largest absolute Gasteiger partial charge is 0.512 e. The molecule has 4 heteroatoms. The lowest BCUT2D eigenvalue weighted by Gasteiger charge is -2.28. The minimum Gasteiger partial charge on any atom is -0.512 e. The summed E-state index contributed by atoms with van der Waals surface area (Å²) >= 11 is 0. The van der Waals surface area contributed by atoms with Gasteiger partial charge in [-0.05, 0) is 35.4 Å². The highest BCUT2D eigenvalue weighted by Crippen LogP contribution is 2.37. The number of aliphatic hydroxyl groups is 1. The van der Waals surface area contributed by atoms with Crippen molar-refractivity contribution in [1.29, 1.82) is 5.26 Å². The minimum atomic E-state index is -0.137. The van der Waals surface area contributed by atoms with Crippen LogP contribution in [0.15, 0.2) is 53.9 Å². The Balaban J connectivity index is 2.01. The summed E-state index contributed by atoms with van der Waals surface area (Å²) in [5.41, 5.74) is 3.13. The highest BCUT2D eigenvalue weighted by Gasteiger charge is 2.31. The number of rotatable bonds is 1. The van der Waals surface area contributed by atoms with Crippen molar-refractivity contribution in [2.75, 3.05) is 0 Å². The van der Waals surface area contributed by atoms with Crippen molar-refractivity contribution in [3.8, 4) is 6.07 Å². The van der Waals surface area contributed by atoms with Crippen LogP contribution in [0.4, 0.5) is 0 Å². The van der Waals surface area contributed by atoms with E-state index in [4.69, 9.17) is 5.26 Å². The zero-order valence-electron chi connectivity index (χ0n) is 10.6. The third kappa shape index (κ3) is 1.99. The Bertz CT molecular complexity index is 703. The minimum absolute atomic E-state index is 0.129. The summed E-state index contributed by atoms with van der Waals surface area (Å²) < 4.78 is 0. The number of allylic oxidation sites excluding steroid dienone is 4. The van der Waals surface area contributed by atoms with Gasteiger partial charge in [-0.1, -0.05) is 12.1 Å². The molecular weight excluding hydrogens is 252 g/mol. The molecule has 4 nitrogen and oxygen atoms in total. The molecule has 1 aliphatic carbocycles. The predicted octanol–water partition coefficient (Wildman–Crippen LogP) is 2.42. The van der Waals surface area contributed by atoms with E-state index < -0.39 is 0 Å². The van der Waals surface area contributed by atoms with Crippen molar-refractivity contribution in [2.24, 2.45) is 5.92 Å². The van der Waals surface area contributed by atoms with Crippen LogP contribution in [-0.4, -0.2) is 11.0 Å². The zero-order valence-corrected chi connectivity index (χ0v) is 10.6. The van der Waals surface area contributed by atoms with Gasteiger partial charge in [-0.25, -0.2) is 0 Å². The van der Waals surface area contributed by atoms with Crippen LogP contribution in [0.1, 0.15) is 17.5 Å². The summed E-state index contributed by atoms with van der Waals surface area (Å²) in [4.78, 5) is 11.8. The van der Waals surface area contributed by atoms with Gasteiger partial charge >= 0.3 is 0 Å². The number of aliphatic hydroxyl groups excluding tert-OH is 1. The first-order valence-electron chi connectivity index (χ1n) is 6.30. The lowest BCUT2D eigenvalue weighted by molar-refractivity contribution is -0.117. The van der Waals surface area contributed by atoms with Crippen molar-refractivity contribution in [3.63, 3.8) is 0 Å². The molecule has 3 rings (SSSR count). The van der Waals surface area contributed by atoms with Gasteiger partial charge in [-0.3, -0.25) is 4.79 Å². The standard InChI is InChI=1S/C16H12N2O2/c17-8-10-1-3-11(4-2-10)15-9-18-16(20)13-6-5-12(19)7-14(13)15/h1-6,9,14,19H,7H2,(H,18,20). The second-order valence-corrected chi connectivity index (χ2v) is 4.80. The highest BCUT2D eigenvalue weighted by molar-refractivity contribution is 6.01. The fraction of sp³-hybridized carbons (Fsp3) is 0.125. The van der Waals surface area contributed by atoms with E-state index in [1.54, 1.807) is 30.5 Å². The summed E-state index contributed by atoms with van der Waals surface area (Å²) in [5, 5.41) is 21.2. The highest BCUT2D eigenvalue weighted by atomic mass is 16.3. The first-order valence-corrected chi connectivity index (χ1v) is 6.30. The lowest BCUT2D eigenvalue weighted by atomic mass is 9.79. The number of carbonyl (C=O) groups excluding carboxylic acids is 1. The van der Waals surface area contributed by atoms with Gasteiger partial charge in [-0.2, -0.15) is 5.26 Å². The van der Waals surface area contributed by atoms with E-state index in [1.165, 1.54) is 0 Å². The molecule has 0 aromatic heterocycles. The Kier molecular flexibility index (Phi) is 2.88. The van der Waals surface area contributed by atoms with Crippen molar-refractivity contribution in [3.05, 3.63) is 65.1 Å². The molecule has 1 unspecified atom stereocenters. The number of hydrogen-bond acceptors (Lipinski definition) is 3. The maximum Gasteiger partial charge on any atom is 0.251 e. The van der Waals surface area contributed by atoms with Crippen molar-refractivity contribution < 1.29 is 9.90 Å². The van der Waals surface area contributed by atoms with E-state index in [0.29, 0.717) is 17.6 Å². The molecule has 1 atom stereocenters. The predicted molar refractivity (Wildman–Crippen MR) is 74.2 cm³/mol. The molecule has 2 aliphatic rings. The average Bonchev–Trinajstić information content (AvgIpc) is 2.48. The van der Waals surface area contributed by atoms with Gasteiger partial charge in [0.1, 0.15) is 0 Å². The van der Waals surface area contributed by atoms with Crippen molar-refractivity contribution >= 4 is 11.5 Å². The van der Waals surface area contributed by atoms with Crippen LogP contribution in [0.3, 0.4) is 0 Å². The van der Waals surface area contributed by atoms with E-state index in [1.807, 2.05) is 12.1 Å². The summed E-state index contributed by atoms with van der Waals surface area (Å²) in [6.45, 7) is 0. The number of nitrogens with zero attached hydrogens (tertiary/aromatic N) is 1. The Morgan fingerprint density at radius 1 is 1.20 bits per heavy atom. The third-order valence-electron chi connectivity index (χ3n) is 3.59. The Labute approximate surface area is 116 Å². The summed E-state index contributed by atoms with van der Waals surface area (Å²) in [5.74, 6) is 0.00539. The topological polar surface area (TPSA) is 73.1 Å². The van der Waals surface area contributed by atoms with E-state index in [9.17, 15) is 9.90 Å². The van der Waals surface area contributed by atoms with Gasteiger partial charge in [0.2, 0.25) is 0 Å². The van der Waals surface area contributed by atoms with Crippen molar-refractivity contribution in [2.45, 2.75) is 6.42 Å².